The predicted molar refractivity (Wildman–Crippen MR) is 71.0 cm³/mol. The van der Waals surface area contributed by atoms with Gasteiger partial charge in [0.25, 0.3) is 0 Å². The Morgan fingerprint density at radius 3 is 2.35 bits per heavy atom. The van der Waals surface area contributed by atoms with Gasteiger partial charge in [0.2, 0.25) is 0 Å². The SMILES string of the molecule is CCN1CCC(N)C1c1ccc(C2CC2)cc1. The molecule has 2 unspecified atom stereocenters. The van der Waals surface area contributed by atoms with Crippen molar-refractivity contribution in [2.75, 3.05) is 13.1 Å². The molecule has 0 radical (unpaired) electrons. The maximum Gasteiger partial charge on any atom is 0.0499 e. The van der Waals surface area contributed by atoms with Gasteiger partial charge >= 0.3 is 0 Å². The van der Waals surface area contributed by atoms with Gasteiger partial charge in [0.05, 0.1) is 0 Å². The molecule has 0 amide bonds. The lowest BCUT2D eigenvalue weighted by atomic mass is 9.98. The number of nitrogens with zero attached hydrogens (tertiary/aromatic N) is 1. The number of likely N-dealkylation sites (tertiary alicyclic amines) is 1. The second-order valence-corrected chi connectivity index (χ2v) is 5.47. The van der Waals surface area contributed by atoms with Crippen molar-refractivity contribution in [1.82, 2.24) is 4.90 Å². The van der Waals surface area contributed by atoms with Crippen LogP contribution in [0.5, 0.6) is 0 Å². The Hall–Kier alpha value is -0.860. The third-order valence-corrected chi connectivity index (χ3v) is 4.28. The van der Waals surface area contributed by atoms with Crippen molar-refractivity contribution in [2.45, 2.75) is 44.2 Å². The largest absolute Gasteiger partial charge is 0.326 e. The van der Waals surface area contributed by atoms with Crippen LogP contribution in [0.25, 0.3) is 0 Å². The number of hydrogen-bond donors (Lipinski definition) is 1. The van der Waals surface area contributed by atoms with Crippen molar-refractivity contribution in [2.24, 2.45) is 5.73 Å². The summed E-state index contributed by atoms with van der Waals surface area (Å²) in [7, 11) is 0. The monoisotopic (exact) mass is 230 g/mol. The Morgan fingerprint density at radius 1 is 1.12 bits per heavy atom. The van der Waals surface area contributed by atoms with Crippen LogP contribution in [0.15, 0.2) is 24.3 Å². The van der Waals surface area contributed by atoms with E-state index in [1.807, 2.05) is 0 Å². The van der Waals surface area contributed by atoms with Gasteiger partial charge in [-0.3, -0.25) is 4.90 Å². The smallest absolute Gasteiger partial charge is 0.0499 e. The minimum absolute atomic E-state index is 0.307. The molecule has 2 aliphatic rings. The highest BCUT2D eigenvalue weighted by Crippen LogP contribution is 2.40. The summed E-state index contributed by atoms with van der Waals surface area (Å²) in [5.41, 5.74) is 9.17. The van der Waals surface area contributed by atoms with E-state index >= 15 is 0 Å². The lowest BCUT2D eigenvalue weighted by molar-refractivity contribution is 0.261. The second kappa shape index (κ2) is 4.43. The molecule has 2 heteroatoms. The van der Waals surface area contributed by atoms with Gasteiger partial charge in [0.1, 0.15) is 0 Å². The van der Waals surface area contributed by atoms with Crippen LogP contribution in [0.4, 0.5) is 0 Å². The minimum Gasteiger partial charge on any atom is -0.326 e. The fourth-order valence-corrected chi connectivity index (χ4v) is 3.08. The minimum atomic E-state index is 0.307. The number of rotatable bonds is 3. The summed E-state index contributed by atoms with van der Waals surface area (Å²) in [6.45, 7) is 4.47. The first kappa shape index (κ1) is 11.2. The van der Waals surface area contributed by atoms with Gasteiger partial charge < -0.3 is 5.73 Å². The maximum absolute atomic E-state index is 6.25. The summed E-state index contributed by atoms with van der Waals surface area (Å²) in [4.78, 5) is 2.50. The Bertz CT molecular complexity index is 380. The van der Waals surface area contributed by atoms with Crippen LogP contribution in [-0.4, -0.2) is 24.0 Å². The highest BCUT2D eigenvalue weighted by molar-refractivity contribution is 5.31. The topological polar surface area (TPSA) is 29.3 Å². The molecule has 1 saturated heterocycles. The molecule has 0 spiro atoms. The normalized spacial score (nSPS) is 29.8. The first-order chi connectivity index (χ1) is 8.29. The molecule has 2 fully saturated rings. The lowest BCUT2D eigenvalue weighted by Crippen LogP contribution is -2.31. The third-order valence-electron chi connectivity index (χ3n) is 4.28. The first-order valence-corrected chi connectivity index (χ1v) is 6.89. The summed E-state index contributed by atoms with van der Waals surface area (Å²) in [6.07, 6.45) is 3.88. The molecule has 3 rings (SSSR count). The molecule has 0 bridgehead atoms. The van der Waals surface area contributed by atoms with E-state index in [9.17, 15) is 0 Å². The summed E-state index contributed by atoms with van der Waals surface area (Å²) in [5, 5.41) is 0. The molecule has 2 N–H and O–H groups in total. The van der Waals surface area contributed by atoms with Gasteiger partial charge in [-0.1, -0.05) is 31.2 Å². The van der Waals surface area contributed by atoms with E-state index in [1.165, 1.54) is 24.0 Å². The van der Waals surface area contributed by atoms with Gasteiger partial charge in [-0.25, -0.2) is 0 Å². The molecule has 1 aromatic rings. The fourth-order valence-electron chi connectivity index (χ4n) is 3.08. The van der Waals surface area contributed by atoms with Crippen LogP contribution in [0, 0.1) is 0 Å². The van der Waals surface area contributed by atoms with Crippen LogP contribution < -0.4 is 5.73 Å². The molecule has 92 valence electrons. The molecular formula is C15H22N2. The van der Waals surface area contributed by atoms with Crippen LogP contribution in [0.3, 0.4) is 0 Å². The summed E-state index contributed by atoms with van der Waals surface area (Å²) in [6, 6.07) is 9.96. The zero-order valence-electron chi connectivity index (χ0n) is 10.6. The molecule has 2 atom stereocenters. The van der Waals surface area contributed by atoms with Crippen molar-refractivity contribution in [3.63, 3.8) is 0 Å². The predicted octanol–water partition coefficient (Wildman–Crippen LogP) is 2.66. The summed E-state index contributed by atoms with van der Waals surface area (Å²) >= 11 is 0. The molecule has 1 aromatic carbocycles. The molecule has 17 heavy (non-hydrogen) atoms. The van der Waals surface area contributed by atoms with E-state index in [0.717, 1.165) is 25.4 Å². The lowest BCUT2D eigenvalue weighted by Gasteiger charge is -2.26. The number of benzene rings is 1. The first-order valence-electron chi connectivity index (χ1n) is 6.89. The van der Waals surface area contributed by atoms with E-state index in [0.29, 0.717) is 12.1 Å². The molecular weight excluding hydrogens is 208 g/mol. The number of hydrogen-bond acceptors (Lipinski definition) is 2. The molecule has 1 aliphatic carbocycles. The maximum atomic E-state index is 6.25. The molecule has 0 aromatic heterocycles. The number of likely N-dealkylation sites (N-methyl/N-ethyl adjacent to an activating group) is 1. The zero-order chi connectivity index (χ0) is 11.8. The van der Waals surface area contributed by atoms with Crippen molar-refractivity contribution < 1.29 is 0 Å². The molecule has 1 heterocycles. The van der Waals surface area contributed by atoms with Gasteiger partial charge in [0.15, 0.2) is 0 Å². The van der Waals surface area contributed by atoms with E-state index in [1.54, 1.807) is 0 Å². The quantitative estimate of drug-likeness (QED) is 0.865. The fraction of sp³-hybridized carbons (Fsp3) is 0.600. The van der Waals surface area contributed by atoms with Gasteiger partial charge in [-0.15, -0.1) is 0 Å². The number of nitrogens with two attached hydrogens (primary N) is 1. The van der Waals surface area contributed by atoms with E-state index < -0.39 is 0 Å². The van der Waals surface area contributed by atoms with Crippen molar-refractivity contribution in [1.29, 1.82) is 0 Å². The van der Waals surface area contributed by atoms with Crippen LogP contribution >= 0.6 is 0 Å². The standard InChI is InChI=1S/C15H22N2/c1-2-17-10-9-14(16)15(17)13-7-5-12(6-8-13)11-3-4-11/h5-8,11,14-15H,2-4,9-10,16H2,1H3. The van der Waals surface area contributed by atoms with Crippen LogP contribution in [0.2, 0.25) is 0 Å². The van der Waals surface area contributed by atoms with Crippen LogP contribution in [0.1, 0.15) is 49.3 Å². The molecule has 2 nitrogen and oxygen atoms in total. The Kier molecular flexibility index (Phi) is 2.93. The molecule has 1 saturated carbocycles. The summed E-state index contributed by atoms with van der Waals surface area (Å²) in [5.74, 6) is 0.851. The highest BCUT2D eigenvalue weighted by atomic mass is 15.2. The third kappa shape index (κ3) is 2.12. The van der Waals surface area contributed by atoms with Crippen LogP contribution in [-0.2, 0) is 0 Å². The van der Waals surface area contributed by atoms with E-state index in [2.05, 4.69) is 36.1 Å². The average molecular weight is 230 g/mol. The van der Waals surface area contributed by atoms with Crippen molar-refractivity contribution in [3.05, 3.63) is 35.4 Å². The van der Waals surface area contributed by atoms with Crippen molar-refractivity contribution >= 4 is 0 Å². The summed E-state index contributed by atoms with van der Waals surface area (Å²) < 4.78 is 0. The van der Waals surface area contributed by atoms with Gasteiger partial charge in [0, 0.05) is 18.6 Å². The van der Waals surface area contributed by atoms with Crippen molar-refractivity contribution in [3.8, 4) is 0 Å². The van der Waals surface area contributed by atoms with E-state index in [4.69, 9.17) is 5.73 Å². The average Bonchev–Trinajstić information content (AvgIpc) is 3.13. The zero-order valence-corrected chi connectivity index (χ0v) is 10.6. The Labute approximate surface area is 104 Å². The highest BCUT2D eigenvalue weighted by Gasteiger charge is 2.32. The van der Waals surface area contributed by atoms with E-state index in [-0.39, 0.29) is 0 Å². The van der Waals surface area contributed by atoms with Gasteiger partial charge in [-0.2, -0.15) is 0 Å². The van der Waals surface area contributed by atoms with Gasteiger partial charge in [-0.05, 0) is 42.9 Å². The Morgan fingerprint density at radius 2 is 1.76 bits per heavy atom. The molecule has 1 aliphatic heterocycles. The second-order valence-electron chi connectivity index (χ2n) is 5.47. The Balaban J connectivity index is 1.81.